The molecule has 1 aliphatic rings. The Balaban J connectivity index is 1.63. The van der Waals surface area contributed by atoms with Gasteiger partial charge in [0.25, 0.3) is 5.56 Å². The smallest absolute Gasteiger partial charge is 0.271 e. The van der Waals surface area contributed by atoms with Gasteiger partial charge < -0.3 is 9.80 Å². The van der Waals surface area contributed by atoms with Gasteiger partial charge in [0.05, 0.1) is 4.53 Å². The van der Waals surface area contributed by atoms with Gasteiger partial charge in [0.2, 0.25) is 0 Å². The molecule has 0 N–H and O–H groups in total. The lowest BCUT2D eigenvalue weighted by Crippen LogP contribution is -2.42. The fourth-order valence-electron chi connectivity index (χ4n) is 3.44. The van der Waals surface area contributed by atoms with E-state index >= 15 is 0 Å². The zero-order valence-electron chi connectivity index (χ0n) is 16.2. The predicted molar refractivity (Wildman–Crippen MR) is 117 cm³/mol. The van der Waals surface area contributed by atoms with Gasteiger partial charge in [-0.2, -0.15) is 0 Å². The van der Waals surface area contributed by atoms with Crippen molar-refractivity contribution in [1.82, 2.24) is 4.57 Å². The summed E-state index contributed by atoms with van der Waals surface area (Å²) in [6.45, 7) is 7.39. The fraction of sp³-hybridized carbons (Fsp3) is 0.273. The molecule has 28 heavy (non-hydrogen) atoms. The molecular weight excluding hydrogens is 368 g/mol. The van der Waals surface area contributed by atoms with Gasteiger partial charge in [-0.25, -0.2) is 4.99 Å². The van der Waals surface area contributed by atoms with Crippen molar-refractivity contribution in [3.8, 4) is 0 Å². The molecule has 0 saturated heterocycles. The molecule has 144 valence electrons. The topological polar surface area (TPSA) is 40.8 Å². The Bertz CT molecular complexity index is 1110. The van der Waals surface area contributed by atoms with Gasteiger partial charge in [-0.3, -0.25) is 9.36 Å². The Labute approximate surface area is 168 Å². The Morgan fingerprint density at radius 1 is 1.07 bits per heavy atom. The van der Waals surface area contributed by atoms with Crippen LogP contribution in [0.25, 0.3) is 6.08 Å². The Kier molecular flexibility index (Phi) is 5.30. The monoisotopic (exact) mass is 392 g/mol. The van der Waals surface area contributed by atoms with Crippen LogP contribution in [-0.4, -0.2) is 24.3 Å². The van der Waals surface area contributed by atoms with E-state index in [2.05, 4.69) is 52.9 Å². The molecule has 2 aromatic carbocycles. The molecule has 0 fully saturated rings. The van der Waals surface area contributed by atoms with Crippen molar-refractivity contribution in [2.24, 2.45) is 4.99 Å². The van der Waals surface area contributed by atoms with E-state index in [9.17, 15) is 4.79 Å². The summed E-state index contributed by atoms with van der Waals surface area (Å²) in [6.07, 6.45) is 1.96. The quantitative estimate of drug-likeness (QED) is 0.670. The first-order valence-electron chi connectivity index (χ1n) is 9.60. The standard InChI is InChI=1S/C22H24N4OS/c1-3-24(4-2)19-12-10-17(11-13-19)14-20-21(27)26-16-25(15-23-22(26)28-20)18-8-6-5-7-9-18/h5-14H,3-4,15-16H2,1-2H3/b20-14-. The van der Waals surface area contributed by atoms with E-state index < -0.39 is 0 Å². The van der Waals surface area contributed by atoms with Crippen LogP contribution >= 0.6 is 11.3 Å². The lowest BCUT2D eigenvalue weighted by atomic mass is 10.2. The van der Waals surface area contributed by atoms with Crippen LogP contribution in [0, 0.1) is 0 Å². The van der Waals surface area contributed by atoms with Gasteiger partial charge in [0, 0.05) is 24.5 Å². The Hall–Kier alpha value is -2.86. The first-order chi connectivity index (χ1) is 13.7. The summed E-state index contributed by atoms with van der Waals surface area (Å²) >= 11 is 1.46. The van der Waals surface area contributed by atoms with Gasteiger partial charge >= 0.3 is 0 Å². The van der Waals surface area contributed by atoms with E-state index in [1.54, 1.807) is 4.57 Å². The highest BCUT2D eigenvalue weighted by Gasteiger charge is 2.15. The van der Waals surface area contributed by atoms with Crippen LogP contribution in [0.3, 0.4) is 0 Å². The third-order valence-corrected chi connectivity index (χ3v) is 6.06. The van der Waals surface area contributed by atoms with Crippen molar-refractivity contribution in [2.75, 3.05) is 29.6 Å². The lowest BCUT2D eigenvalue weighted by molar-refractivity contribution is 0.569. The molecular formula is C22H24N4OS. The normalized spacial score (nSPS) is 13.9. The number of fused-ring (bicyclic) bond motifs is 1. The van der Waals surface area contributed by atoms with Crippen molar-refractivity contribution >= 4 is 28.8 Å². The van der Waals surface area contributed by atoms with Gasteiger partial charge in [0.15, 0.2) is 4.80 Å². The maximum absolute atomic E-state index is 12.9. The minimum atomic E-state index is 0.0252. The number of hydrogen-bond acceptors (Lipinski definition) is 5. The lowest BCUT2D eigenvalue weighted by Gasteiger charge is -2.25. The Morgan fingerprint density at radius 2 is 1.79 bits per heavy atom. The first kappa shape index (κ1) is 18.5. The summed E-state index contributed by atoms with van der Waals surface area (Å²) in [4.78, 5) is 22.7. The number of thiazole rings is 1. The fourth-order valence-corrected chi connectivity index (χ4v) is 4.40. The molecule has 0 atom stereocenters. The average Bonchev–Trinajstić information content (AvgIpc) is 3.05. The number of rotatable bonds is 5. The molecule has 0 saturated carbocycles. The highest BCUT2D eigenvalue weighted by molar-refractivity contribution is 7.07. The maximum Gasteiger partial charge on any atom is 0.271 e. The van der Waals surface area contributed by atoms with E-state index in [0.717, 1.165) is 33.7 Å². The largest absolute Gasteiger partial charge is 0.372 e. The van der Waals surface area contributed by atoms with Gasteiger partial charge in [-0.1, -0.05) is 41.7 Å². The molecule has 4 rings (SSSR count). The van der Waals surface area contributed by atoms with E-state index in [-0.39, 0.29) is 5.56 Å². The highest BCUT2D eigenvalue weighted by Crippen LogP contribution is 2.16. The van der Waals surface area contributed by atoms with Crippen LogP contribution in [0.4, 0.5) is 11.4 Å². The first-order valence-corrected chi connectivity index (χ1v) is 10.4. The molecule has 1 aliphatic heterocycles. The molecule has 0 unspecified atom stereocenters. The van der Waals surface area contributed by atoms with Gasteiger partial charge in [-0.15, -0.1) is 0 Å². The third-order valence-electron chi connectivity index (χ3n) is 5.02. The number of aromatic nitrogens is 1. The average molecular weight is 393 g/mol. The minimum Gasteiger partial charge on any atom is -0.372 e. The molecule has 0 aliphatic carbocycles. The van der Waals surface area contributed by atoms with Crippen LogP contribution in [0.1, 0.15) is 19.4 Å². The molecule has 6 heteroatoms. The van der Waals surface area contributed by atoms with E-state index in [0.29, 0.717) is 13.3 Å². The van der Waals surface area contributed by atoms with Gasteiger partial charge in [0.1, 0.15) is 13.3 Å². The third kappa shape index (κ3) is 3.60. The number of anilines is 2. The molecule has 2 heterocycles. The van der Waals surface area contributed by atoms with Crippen LogP contribution in [0.5, 0.6) is 0 Å². The van der Waals surface area contributed by atoms with Crippen molar-refractivity contribution in [3.63, 3.8) is 0 Å². The summed E-state index contributed by atoms with van der Waals surface area (Å²) in [6, 6.07) is 18.5. The van der Waals surface area contributed by atoms with Crippen LogP contribution in [0.15, 0.2) is 64.4 Å². The van der Waals surface area contributed by atoms with Crippen LogP contribution < -0.4 is 24.7 Å². The number of benzene rings is 2. The molecule has 0 amide bonds. The summed E-state index contributed by atoms with van der Waals surface area (Å²) in [5, 5.41) is 0. The van der Waals surface area contributed by atoms with Crippen LogP contribution in [-0.2, 0) is 6.67 Å². The zero-order valence-corrected chi connectivity index (χ0v) is 17.0. The highest BCUT2D eigenvalue weighted by atomic mass is 32.1. The maximum atomic E-state index is 12.9. The summed E-state index contributed by atoms with van der Waals surface area (Å²) < 4.78 is 2.49. The molecule has 1 aromatic heterocycles. The SMILES string of the molecule is CCN(CC)c1ccc(/C=c2\sc3n(c2=O)CN(c2ccccc2)CN=3)cc1. The van der Waals surface area contributed by atoms with Gasteiger partial charge in [-0.05, 0) is 49.8 Å². The Morgan fingerprint density at radius 3 is 2.46 bits per heavy atom. The van der Waals surface area contributed by atoms with Crippen molar-refractivity contribution in [3.05, 3.63) is 79.8 Å². The van der Waals surface area contributed by atoms with Crippen LogP contribution in [0.2, 0.25) is 0 Å². The molecule has 0 radical (unpaired) electrons. The molecule has 3 aromatic rings. The second-order valence-corrected chi connectivity index (χ2v) is 7.72. The van der Waals surface area contributed by atoms with Crippen molar-refractivity contribution in [2.45, 2.75) is 20.5 Å². The molecule has 0 spiro atoms. The van der Waals surface area contributed by atoms with E-state index in [4.69, 9.17) is 0 Å². The van der Waals surface area contributed by atoms with Crippen molar-refractivity contribution < 1.29 is 0 Å². The summed E-state index contributed by atoms with van der Waals surface area (Å²) in [5.74, 6) is 0. The summed E-state index contributed by atoms with van der Waals surface area (Å²) in [5.41, 5.74) is 3.34. The van der Waals surface area contributed by atoms with E-state index in [1.807, 2.05) is 36.4 Å². The number of nitrogens with zero attached hydrogens (tertiary/aromatic N) is 4. The predicted octanol–water partition coefficient (Wildman–Crippen LogP) is 2.64. The zero-order chi connectivity index (χ0) is 19.5. The summed E-state index contributed by atoms with van der Waals surface area (Å²) in [7, 11) is 0. The second-order valence-electron chi connectivity index (χ2n) is 6.71. The number of para-hydroxylation sites is 1. The van der Waals surface area contributed by atoms with Crippen molar-refractivity contribution in [1.29, 1.82) is 0 Å². The number of hydrogen-bond donors (Lipinski definition) is 0. The minimum absolute atomic E-state index is 0.0252. The molecule has 5 nitrogen and oxygen atoms in total. The molecule has 0 bridgehead atoms. The second kappa shape index (κ2) is 8.02. The van der Waals surface area contributed by atoms with E-state index in [1.165, 1.54) is 17.0 Å².